The lowest BCUT2D eigenvalue weighted by molar-refractivity contribution is 0.112. The number of carbonyl (C=O) groups is 1. The zero-order valence-corrected chi connectivity index (χ0v) is 9.87. The third kappa shape index (κ3) is 2.13. The normalized spacial score (nSPS) is 12.0. The highest BCUT2D eigenvalue weighted by Gasteiger charge is 2.02. The molecule has 0 aliphatic heterocycles. The van der Waals surface area contributed by atoms with Crippen molar-refractivity contribution in [3.05, 3.63) is 46.6 Å². The Bertz CT molecular complexity index is 557. The van der Waals surface area contributed by atoms with Gasteiger partial charge in [-0.1, -0.05) is 23.2 Å². The maximum absolute atomic E-state index is 10.6. The smallest absolute Gasteiger partial charge is 0.150 e. The highest BCUT2D eigenvalue weighted by atomic mass is 35.5. The van der Waals surface area contributed by atoms with Gasteiger partial charge < -0.3 is 4.57 Å². The van der Waals surface area contributed by atoms with E-state index < -0.39 is 0 Å². The first-order valence-electron chi connectivity index (χ1n) is 4.73. The van der Waals surface area contributed by atoms with Crippen LogP contribution in [0.5, 0.6) is 0 Å². The summed E-state index contributed by atoms with van der Waals surface area (Å²) in [7, 11) is 0. The topological polar surface area (TPSA) is 22.0 Å². The number of hydrogen-bond donors (Lipinski definition) is 0. The van der Waals surface area contributed by atoms with Gasteiger partial charge in [0.2, 0.25) is 0 Å². The van der Waals surface area contributed by atoms with E-state index in [9.17, 15) is 4.79 Å². The van der Waals surface area contributed by atoms with Gasteiger partial charge in [-0.3, -0.25) is 4.79 Å². The minimum absolute atomic E-state index is 0.537. The first-order valence-corrected chi connectivity index (χ1v) is 5.55. The molecule has 0 aliphatic rings. The number of hydrogen-bond acceptors (Lipinski definition) is 1. The van der Waals surface area contributed by atoms with Crippen LogP contribution in [0.2, 0.25) is 0 Å². The van der Waals surface area contributed by atoms with Crippen molar-refractivity contribution < 1.29 is 4.79 Å². The van der Waals surface area contributed by atoms with Crippen LogP contribution < -0.4 is 0 Å². The first-order chi connectivity index (χ1) is 7.74. The molecule has 0 aliphatic carbocycles. The van der Waals surface area contributed by atoms with Gasteiger partial charge in [0.05, 0.1) is 6.54 Å². The molecular weight excluding hydrogens is 245 g/mol. The van der Waals surface area contributed by atoms with E-state index in [-0.39, 0.29) is 0 Å². The first kappa shape index (κ1) is 11.2. The van der Waals surface area contributed by atoms with Gasteiger partial charge in [0, 0.05) is 33.2 Å². The molecule has 1 aromatic heterocycles. The molecule has 0 amide bonds. The Balaban J connectivity index is 2.45. The van der Waals surface area contributed by atoms with Crippen molar-refractivity contribution >= 4 is 40.4 Å². The Labute approximate surface area is 103 Å². The summed E-state index contributed by atoms with van der Waals surface area (Å²) in [5.74, 6) is 0. The molecule has 0 N–H and O–H groups in total. The van der Waals surface area contributed by atoms with Gasteiger partial charge in [-0.15, -0.1) is 0 Å². The van der Waals surface area contributed by atoms with Crippen molar-refractivity contribution in [3.8, 4) is 0 Å². The fraction of sp³-hybridized carbons (Fsp3) is 0.0833. The molecule has 0 saturated carbocycles. The van der Waals surface area contributed by atoms with E-state index in [0.717, 1.165) is 17.2 Å². The molecule has 1 heterocycles. The average molecular weight is 254 g/mol. The lowest BCUT2D eigenvalue weighted by Gasteiger charge is -2.03. The maximum Gasteiger partial charge on any atom is 0.150 e. The van der Waals surface area contributed by atoms with E-state index in [1.54, 1.807) is 6.07 Å². The third-order valence-electron chi connectivity index (χ3n) is 2.37. The molecule has 0 radical (unpaired) electrons. The number of fused-ring (bicyclic) bond motifs is 1. The highest BCUT2D eigenvalue weighted by molar-refractivity contribution is 6.36. The van der Waals surface area contributed by atoms with E-state index in [0.29, 0.717) is 17.1 Å². The fourth-order valence-corrected chi connectivity index (χ4v) is 1.82. The van der Waals surface area contributed by atoms with Crippen molar-refractivity contribution in [1.29, 1.82) is 0 Å². The molecule has 16 heavy (non-hydrogen) atoms. The van der Waals surface area contributed by atoms with Gasteiger partial charge in [-0.2, -0.15) is 0 Å². The molecule has 0 bridgehead atoms. The van der Waals surface area contributed by atoms with Crippen molar-refractivity contribution in [2.45, 2.75) is 6.54 Å². The minimum atomic E-state index is 0.537. The predicted octanol–water partition coefficient (Wildman–Crippen LogP) is 3.77. The average Bonchev–Trinajstić information content (AvgIpc) is 2.71. The second-order valence-corrected chi connectivity index (χ2v) is 4.14. The van der Waals surface area contributed by atoms with Gasteiger partial charge in [-0.05, 0) is 24.3 Å². The highest BCUT2D eigenvalue weighted by Crippen LogP contribution is 2.19. The zero-order chi connectivity index (χ0) is 11.5. The van der Waals surface area contributed by atoms with E-state index >= 15 is 0 Å². The van der Waals surface area contributed by atoms with Crippen molar-refractivity contribution in [2.24, 2.45) is 0 Å². The number of benzene rings is 1. The number of nitrogens with zero attached hydrogens (tertiary/aromatic N) is 1. The zero-order valence-electron chi connectivity index (χ0n) is 8.36. The molecule has 2 aromatic rings. The summed E-state index contributed by atoms with van der Waals surface area (Å²) in [5.41, 5.74) is 3.05. The summed E-state index contributed by atoms with van der Waals surface area (Å²) >= 11 is 11.4. The quantitative estimate of drug-likeness (QED) is 0.764. The Morgan fingerprint density at radius 2 is 2.19 bits per heavy atom. The minimum Gasteiger partial charge on any atom is -0.342 e. The molecule has 0 spiro atoms. The largest absolute Gasteiger partial charge is 0.342 e. The number of aromatic nitrogens is 1. The maximum atomic E-state index is 10.6. The SMILES string of the molecule is O=Cc1ccc2c(ccn2C/C(Cl)=C\Cl)c1. The van der Waals surface area contributed by atoms with Crippen LogP contribution in [-0.4, -0.2) is 10.9 Å². The molecule has 1 aromatic carbocycles. The second kappa shape index (κ2) is 4.73. The lowest BCUT2D eigenvalue weighted by Crippen LogP contribution is -1.95. The third-order valence-corrected chi connectivity index (χ3v) is 2.97. The summed E-state index contributed by atoms with van der Waals surface area (Å²) < 4.78 is 1.98. The van der Waals surface area contributed by atoms with E-state index in [2.05, 4.69) is 0 Å². The Morgan fingerprint density at radius 1 is 1.38 bits per heavy atom. The van der Waals surface area contributed by atoms with Crippen LogP contribution in [0.4, 0.5) is 0 Å². The molecule has 0 unspecified atom stereocenters. The summed E-state index contributed by atoms with van der Waals surface area (Å²) in [4.78, 5) is 10.6. The van der Waals surface area contributed by atoms with Crippen LogP contribution in [-0.2, 0) is 6.54 Å². The van der Waals surface area contributed by atoms with E-state index in [1.165, 1.54) is 5.54 Å². The predicted molar refractivity (Wildman–Crippen MR) is 67.1 cm³/mol. The summed E-state index contributed by atoms with van der Waals surface area (Å²) in [5, 5.41) is 1.59. The van der Waals surface area contributed by atoms with Crippen LogP contribution in [0.1, 0.15) is 10.4 Å². The summed E-state index contributed by atoms with van der Waals surface area (Å²) in [6.45, 7) is 0.537. The molecule has 0 atom stereocenters. The standard InChI is InChI=1S/C12H9Cl2NO/c13-6-11(14)7-15-4-3-10-5-9(8-16)1-2-12(10)15/h1-6,8H,7H2/b11-6+. The van der Waals surface area contributed by atoms with Crippen LogP contribution in [0.25, 0.3) is 10.9 Å². The molecule has 2 nitrogen and oxygen atoms in total. The van der Waals surface area contributed by atoms with Gasteiger partial charge in [0.1, 0.15) is 6.29 Å². The van der Waals surface area contributed by atoms with Crippen LogP contribution in [0, 0.1) is 0 Å². The van der Waals surface area contributed by atoms with E-state index in [4.69, 9.17) is 23.2 Å². The van der Waals surface area contributed by atoms with Crippen LogP contribution in [0.3, 0.4) is 0 Å². The van der Waals surface area contributed by atoms with Gasteiger partial charge in [0.25, 0.3) is 0 Å². The second-order valence-electron chi connectivity index (χ2n) is 3.44. The van der Waals surface area contributed by atoms with E-state index in [1.807, 2.05) is 29.0 Å². The van der Waals surface area contributed by atoms with Crippen LogP contribution in [0.15, 0.2) is 41.0 Å². The monoisotopic (exact) mass is 253 g/mol. The van der Waals surface area contributed by atoms with Gasteiger partial charge in [0.15, 0.2) is 0 Å². The summed E-state index contributed by atoms with van der Waals surface area (Å²) in [6, 6.07) is 7.47. The van der Waals surface area contributed by atoms with Crippen molar-refractivity contribution in [2.75, 3.05) is 0 Å². The Kier molecular flexibility index (Phi) is 3.32. The number of halogens is 2. The van der Waals surface area contributed by atoms with Crippen molar-refractivity contribution in [1.82, 2.24) is 4.57 Å². The number of carbonyl (C=O) groups excluding carboxylic acids is 1. The molecule has 0 fully saturated rings. The molecule has 4 heteroatoms. The Hall–Kier alpha value is -1.25. The van der Waals surface area contributed by atoms with Crippen molar-refractivity contribution in [3.63, 3.8) is 0 Å². The molecule has 2 rings (SSSR count). The van der Waals surface area contributed by atoms with Crippen LogP contribution >= 0.6 is 23.2 Å². The van der Waals surface area contributed by atoms with Gasteiger partial charge >= 0.3 is 0 Å². The Morgan fingerprint density at radius 3 is 2.88 bits per heavy atom. The molecular formula is C12H9Cl2NO. The molecule has 0 saturated heterocycles. The van der Waals surface area contributed by atoms with Gasteiger partial charge in [-0.25, -0.2) is 0 Å². The number of allylic oxidation sites excluding steroid dienone is 1. The lowest BCUT2D eigenvalue weighted by atomic mass is 10.2. The summed E-state index contributed by atoms with van der Waals surface area (Å²) in [6.07, 6.45) is 2.75. The number of aldehydes is 1. The fourth-order valence-electron chi connectivity index (χ4n) is 1.63. The molecule has 82 valence electrons. The number of rotatable bonds is 3.